The topological polar surface area (TPSA) is 62.2 Å². The third-order valence-electron chi connectivity index (χ3n) is 2.56. The van der Waals surface area contributed by atoms with Gasteiger partial charge in [0, 0.05) is 17.7 Å². The number of carboxylic acids is 1. The summed E-state index contributed by atoms with van der Waals surface area (Å²) in [5.41, 5.74) is 0.0698. The molecule has 0 amide bonds. The third-order valence-corrected chi connectivity index (χ3v) is 3.17. The van der Waals surface area contributed by atoms with Crippen molar-refractivity contribution in [3.05, 3.63) is 36.0 Å². The molecule has 0 fully saturated rings. The molecule has 0 unspecified atom stereocenters. The van der Waals surface area contributed by atoms with Crippen LogP contribution in [0.4, 0.5) is 5.82 Å². The SMILES string of the molecule is CSCCNc1nc(C(=O)O)cc2ccccc12. The van der Waals surface area contributed by atoms with E-state index in [9.17, 15) is 4.79 Å². The summed E-state index contributed by atoms with van der Waals surface area (Å²) in [4.78, 5) is 15.2. The Morgan fingerprint density at radius 2 is 2.22 bits per heavy atom. The second-order valence-corrected chi connectivity index (χ2v) is 4.79. The number of benzene rings is 1. The maximum Gasteiger partial charge on any atom is 0.354 e. The van der Waals surface area contributed by atoms with E-state index >= 15 is 0 Å². The normalized spacial score (nSPS) is 10.5. The minimum atomic E-state index is -1.01. The number of thioether (sulfide) groups is 1. The third kappa shape index (κ3) is 2.73. The van der Waals surface area contributed by atoms with E-state index in [0.717, 1.165) is 23.1 Å². The summed E-state index contributed by atoms with van der Waals surface area (Å²) in [7, 11) is 0. The minimum Gasteiger partial charge on any atom is -0.477 e. The van der Waals surface area contributed by atoms with E-state index in [4.69, 9.17) is 5.11 Å². The number of fused-ring (bicyclic) bond motifs is 1. The second kappa shape index (κ2) is 5.73. The molecule has 0 atom stereocenters. The molecule has 2 N–H and O–H groups in total. The van der Waals surface area contributed by atoms with Gasteiger partial charge in [-0.05, 0) is 17.7 Å². The van der Waals surface area contributed by atoms with Gasteiger partial charge in [-0.25, -0.2) is 9.78 Å². The molecule has 5 heteroatoms. The summed E-state index contributed by atoms with van der Waals surface area (Å²) in [6.45, 7) is 0.765. The highest BCUT2D eigenvalue weighted by atomic mass is 32.2. The van der Waals surface area contributed by atoms with Crippen LogP contribution in [0.25, 0.3) is 10.8 Å². The maximum absolute atomic E-state index is 11.0. The monoisotopic (exact) mass is 262 g/mol. The van der Waals surface area contributed by atoms with Crippen LogP contribution in [0.1, 0.15) is 10.5 Å². The highest BCUT2D eigenvalue weighted by Gasteiger charge is 2.10. The summed E-state index contributed by atoms with van der Waals surface area (Å²) < 4.78 is 0. The zero-order chi connectivity index (χ0) is 13.0. The number of rotatable bonds is 5. The summed E-state index contributed by atoms with van der Waals surface area (Å²) in [6.07, 6.45) is 2.03. The maximum atomic E-state index is 11.0. The number of nitrogens with zero attached hydrogens (tertiary/aromatic N) is 1. The standard InChI is InChI=1S/C13H14N2O2S/c1-18-7-6-14-12-10-5-3-2-4-9(10)8-11(15-12)13(16)17/h2-5,8H,6-7H2,1H3,(H,14,15)(H,16,17). The fourth-order valence-electron chi connectivity index (χ4n) is 1.71. The van der Waals surface area contributed by atoms with Crippen molar-refractivity contribution in [1.29, 1.82) is 0 Å². The highest BCUT2D eigenvalue weighted by molar-refractivity contribution is 7.98. The zero-order valence-corrected chi connectivity index (χ0v) is 10.8. The number of hydrogen-bond donors (Lipinski definition) is 2. The Bertz CT molecular complexity index is 572. The van der Waals surface area contributed by atoms with Crippen LogP contribution in [0.5, 0.6) is 0 Å². The van der Waals surface area contributed by atoms with E-state index in [2.05, 4.69) is 10.3 Å². The molecule has 0 aliphatic rings. The Balaban J connectivity index is 2.43. The molecule has 1 heterocycles. The molecule has 4 nitrogen and oxygen atoms in total. The Morgan fingerprint density at radius 3 is 2.94 bits per heavy atom. The van der Waals surface area contributed by atoms with Crippen molar-refractivity contribution in [3.63, 3.8) is 0 Å². The van der Waals surface area contributed by atoms with Crippen molar-refractivity contribution in [2.24, 2.45) is 0 Å². The number of pyridine rings is 1. The first kappa shape index (κ1) is 12.7. The Labute approximate surface area is 109 Å². The second-order valence-electron chi connectivity index (χ2n) is 3.80. The van der Waals surface area contributed by atoms with Crippen LogP contribution >= 0.6 is 11.8 Å². The fourth-order valence-corrected chi connectivity index (χ4v) is 2.02. The zero-order valence-electron chi connectivity index (χ0n) is 10.0. The van der Waals surface area contributed by atoms with Crippen molar-refractivity contribution < 1.29 is 9.90 Å². The number of anilines is 1. The number of hydrogen-bond acceptors (Lipinski definition) is 4. The van der Waals surface area contributed by atoms with Crippen molar-refractivity contribution in [2.45, 2.75) is 0 Å². The number of aromatic nitrogens is 1. The van der Waals surface area contributed by atoms with E-state index in [1.54, 1.807) is 17.8 Å². The predicted molar refractivity (Wildman–Crippen MR) is 75.6 cm³/mol. The summed E-state index contributed by atoms with van der Waals surface area (Å²) in [6, 6.07) is 9.24. The van der Waals surface area contributed by atoms with Gasteiger partial charge in [-0.1, -0.05) is 24.3 Å². The van der Waals surface area contributed by atoms with E-state index < -0.39 is 5.97 Å². The molecule has 1 aromatic heterocycles. The molecule has 2 rings (SSSR count). The van der Waals surface area contributed by atoms with Gasteiger partial charge in [0.25, 0.3) is 0 Å². The fraction of sp³-hybridized carbons (Fsp3) is 0.231. The van der Waals surface area contributed by atoms with Crippen molar-refractivity contribution in [1.82, 2.24) is 4.98 Å². The van der Waals surface area contributed by atoms with Crippen LogP contribution in [0, 0.1) is 0 Å². The molecular weight excluding hydrogens is 248 g/mol. The van der Waals surface area contributed by atoms with Gasteiger partial charge in [0.2, 0.25) is 0 Å². The lowest BCUT2D eigenvalue weighted by Crippen LogP contribution is -2.09. The largest absolute Gasteiger partial charge is 0.477 e. The summed E-state index contributed by atoms with van der Waals surface area (Å²) in [5, 5.41) is 14.1. The molecule has 0 aliphatic heterocycles. The summed E-state index contributed by atoms with van der Waals surface area (Å²) >= 11 is 1.73. The van der Waals surface area contributed by atoms with Gasteiger partial charge >= 0.3 is 5.97 Å². The van der Waals surface area contributed by atoms with Crippen LogP contribution in [0.3, 0.4) is 0 Å². The van der Waals surface area contributed by atoms with Crippen LogP contribution in [0.15, 0.2) is 30.3 Å². The molecule has 0 spiro atoms. The lowest BCUT2D eigenvalue weighted by Gasteiger charge is -2.09. The molecule has 0 aliphatic carbocycles. The van der Waals surface area contributed by atoms with E-state index in [1.807, 2.05) is 30.5 Å². The first-order chi connectivity index (χ1) is 8.72. The molecule has 1 aromatic carbocycles. The lowest BCUT2D eigenvalue weighted by molar-refractivity contribution is 0.0691. The van der Waals surface area contributed by atoms with E-state index in [-0.39, 0.29) is 5.69 Å². The average molecular weight is 262 g/mol. The molecule has 18 heavy (non-hydrogen) atoms. The smallest absolute Gasteiger partial charge is 0.354 e. The molecule has 94 valence electrons. The van der Waals surface area contributed by atoms with Gasteiger partial charge < -0.3 is 10.4 Å². The minimum absolute atomic E-state index is 0.0698. The van der Waals surface area contributed by atoms with E-state index in [1.165, 1.54) is 0 Å². The Kier molecular flexibility index (Phi) is 4.04. The van der Waals surface area contributed by atoms with Gasteiger partial charge in [-0.15, -0.1) is 0 Å². The first-order valence-electron chi connectivity index (χ1n) is 5.58. The van der Waals surface area contributed by atoms with E-state index in [0.29, 0.717) is 5.82 Å². The predicted octanol–water partition coefficient (Wildman–Crippen LogP) is 2.71. The van der Waals surface area contributed by atoms with Crippen LogP contribution in [-0.4, -0.2) is 34.6 Å². The van der Waals surface area contributed by atoms with Crippen LogP contribution < -0.4 is 5.32 Å². The Morgan fingerprint density at radius 1 is 1.44 bits per heavy atom. The molecule has 0 saturated carbocycles. The Hall–Kier alpha value is -1.75. The van der Waals surface area contributed by atoms with Gasteiger partial charge in [0.1, 0.15) is 5.82 Å². The average Bonchev–Trinajstić information content (AvgIpc) is 2.38. The van der Waals surface area contributed by atoms with Gasteiger partial charge in [0.15, 0.2) is 5.69 Å². The molecule has 2 aromatic rings. The van der Waals surface area contributed by atoms with Crippen LogP contribution in [-0.2, 0) is 0 Å². The quantitative estimate of drug-likeness (QED) is 0.811. The number of carbonyl (C=O) groups is 1. The van der Waals surface area contributed by atoms with Gasteiger partial charge in [-0.3, -0.25) is 0 Å². The molecule has 0 saturated heterocycles. The van der Waals surface area contributed by atoms with Crippen LogP contribution in [0.2, 0.25) is 0 Å². The summed E-state index contributed by atoms with van der Waals surface area (Å²) in [5.74, 6) is 0.584. The molecule has 0 radical (unpaired) electrons. The van der Waals surface area contributed by atoms with Gasteiger partial charge in [0.05, 0.1) is 0 Å². The highest BCUT2D eigenvalue weighted by Crippen LogP contribution is 2.22. The van der Waals surface area contributed by atoms with Crippen molar-refractivity contribution in [2.75, 3.05) is 23.9 Å². The number of nitrogens with one attached hydrogen (secondary N) is 1. The lowest BCUT2D eigenvalue weighted by atomic mass is 10.1. The molecule has 0 bridgehead atoms. The number of aromatic carboxylic acids is 1. The van der Waals surface area contributed by atoms with Crippen molar-refractivity contribution in [3.8, 4) is 0 Å². The van der Waals surface area contributed by atoms with Gasteiger partial charge in [-0.2, -0.15) is 11.8 Å². The van der Waals surface area contributed by atoms with Crippen molar-refractivity contribution >= 4 is 34.3 Å². The number of carboxylic acid groups (broad SMARTS) is 1. The first-order valence-corrected chi connectivity index (χ1v) is 6.97. The molecular formula is C13H14N2O2S.